The molecule has 0 spiro atoms. The predicted molar refractivity (Wildman–Crippen MR) is 119 cm³/mol. The summed E-state index contributed by atoms with van der Waals surface area (Å²) in [5.74, 6) is 2.40. The van der Waals surface area contributed by atoms with Gasteiger partial charge < -0.3 is 10.0 Å². The van der Waals surface area contributed by atoms with Crippen LogP contribution >= 0.6 is 0 Å². The Balaban J connectivity index is 1.47. The van der Waals surface area contributed by atoms with E-state index in [-0.39, 0.29) is 36.6 Å². The normalized spacial score (nSPS) is 26.7. The number of carbonyl (C=O) groups is 1. The number of aromatic hydroxyl groups is 1. The average molecular weight is 421 g/mol. The van der Waals surface area contributed by atoms with Gasteiger partial charge >= 0.3 is 0 Å². The van der Waals surface area contributed by atoms with Crippen LogP contribution in [-0.4, -0.2) is 52.2 Å². The summed E-state index contributed by atoms with van der Waals surface area (Å²) in [7, 11) is 0. The predicted octanol–water partition coefficient (Wildman–Crippen LogP) is 4.02. The first kappa shape index (κ1) is 21.4. The van der Waals surface area contributed by atoms with Gasteiger partial charge in [0.1, 0.15) is 11.4 Å². The number of phenols is 1. The van der Waals surface area contributed by atoms with E-state index in [1.165, 1.54) is 5.56 Å². The molecule has 2 heterocycles. The minimum absolute atomic E-state index is 0.00301. The standard InChI is InChI=1S/C26H29FN2O2/c1-3-14-26(27)18-29(15-12-23(26)21-8-10-22(30)11-9-21)24-13-16-28(25(24)31)17-20-6-4-19(2)5-7-20/h1,4-11,23-24,30H,12-18H2,2H3/t23-,24+,26-/m0/s1. The Morgan fingerprint density at radius 2 is 1.84 bits per heavy atom. The van der Waals surface area contributed by atoms with E-state index in [1.54, 1.807) is 24.3 Å². The van der Waals surface area contributed by atoms with Crippen LogP contribution in [0, 0.1) is 19.3 Å². The Labute approximate surface area is 183 Å². The number of phenolic OH excluding ortho intramolecular Hbond substituents is 1. The Morgan fingerprint density at radius 3 is 2.52 bits per heavy atom. The van der Waals surface area contributed by atoms with E-state index in [2.05, 4.69) is 30.2 Å². The molecule has 4 rings (SSSR count). The average Bonchev–Trinajstić information content (AvgIpc) is 3.11. The minimum Gasteiger partial charge on any atom is -0.508 e. The van der Waals surface area contributed by atoms with E-state index in [1.807, 2.05) is 16.7 Å². The zero-order valence-electron chi connectivity index (χ0n) is 17.9. The first-order chi connectivity index (χ1) is 14.9. The largest absolute Gasteiger partial charge is 0.508 e. The smallest absolute Gasteiger partial charge is 0.240 e. The van der Waals surface area contributed by atoms with Gasteiger partial charge in [-0.3, -0.25) is 9.69 Å². The molecule has 162 valence electrons. The van der Waals surface area contributed by atoms with Crippen LogP contribution in [0.4, 0.5) is 4.39 Å². The molecular weight excluding hydrogens is 391 g/mol. The van der Waals surface area contributed by atoms with Crippen molar-refractivity contribution in [3.63, 3.8) is 0 Å². The van der Waals surface area contributed by atoms with Crippen LogP contribution in [0.5, 0.6) is 5.75 Å². The lowest BCUT2D eigenvalue weighted by molar-refractivity contribution is -0.134. The molecule has 0 unspecified atom stereocenters. The molecule has 2 fully saturated rings. The maximum Gasteiger partial charge on any atom is 0.240 e. The van der Waals surface area contributed by atoms with E-state index in [4.69, 9.17) is 6.42 Å². The van der Waals surface area contributed by atoms with Gasteiger partial charge in [-0.1, -0.05) is 42.0 Å². The van der Waals surface area contributed by atoms with Gasteiger partial charge in [-0.15, -0.1) is 12.3 Å². The second-order valence-corrected chi connectivity index (χ2v) is 8.87. The summed E-state index contributed by atoms with van der Waals surface area (Å²) in [6, 6.07) is 14.6. The Kier molecular flexibility index (Phi) is 6.02. The van der Waals surface area contributed by atoms with Crippen molar-refractivity contribution in [2.24, 2.45) is 0 Å². The first-order valence-corrected chi connectivity index (χ1v) is 10.9. The van der Waals surface area contributed by atoms with Gasteiger partial charge in [-0.05, 0) is 49.6 Å². The number of nitrogens with zero attached hydrogens (tertiary/aromatic N) is 2. The summed E-state index contributed by atoms with van der Waals surface area (Å²) < 4.78 is 16.2. The van der Waals surface area contributed by atoms with Gasteiger partial charge in [0.15, 0.2) is 0 Å². The van der Waals surface area contributed by atoms with Gasteiger partial charge in [0, 0.05) is 32.0 Å². The zero-order chi connectivity index (χ0) is 22.0. The molecule has 31 heavy (non-hydrogen) atoms. The maximum atomic E-state index is 16.2. The van der Waals surface area contributed by atoms with Crippen molar-refractivity contribution in [1.82, 2.24) is 9.80 Å². The fourth-order valence-corrected chi connectivity index (χ4v) is 5.00. The molecule has 2 saturated heterocycles. The summed E-state index contributed by atoms with van der Waals surface area (Å²) in [5.41, 5.74) is 1.54. The molecule has 0 aromatic heterocycles. The van der Waals surface area contributed by atoms with Crippen LogP contribution in [0.25, 0.3) is 0 Å². The van der Waals surface area contributed by atoms with Crippen LogP contribution < -0.4 is 0 Å². The zero-order valence-corrected chi connectivity index (χ0v) is 17.9. The van der Waals surface area contributed by atoms with Crippen LogP contribution in [0.3, 0.4) is 0 Å². The van der Waals surface area contributed by atoms with Crippen molar-refractivity contribution in [2.75, 3.05) is 19.6 Å². The van der Waals surface area contributed by atoms with Crippen molar-refractivity contribution in [3.05, 3.63) is 65.2 Å². The quantitative estimate of drug-likeness (QED) is 0.743. The summed E-state index contributed by atoms with van der Waals surface area (Å²) in [4.78, 5) is 17.0. The number of aryl methyl sites for hydroxylation is 1. The summed E-state index contributed by atoms with van der Waals surface area (Å²) in [6.45, 7) is 4.12. The molecule has 0 radical (unpaired) electrons. The maximum absolute atomic E-state index is 16.2. The minimum atomic E-state index is -1.60. The summed E-state index contributed by atoms with van der Waals surface area (Å²) >= 11 is 0. The monoisotopic (exact) mass is 420 g/mol. The third kappa shape index (κ3) is 4.45. The number of alkyl halides is 1. The third-order valence-corrected chi connectivity index (χ3v) is 6.69. The Hall–Kier alpha value is -2.84. The van der Waals surface area contributed by atoms with Crippen LogP contribution in [-0.2, 0) is 11.3 Å². The molecular formula is C26H29FN2O2. The topological polar surface area (TPSA) is 43.8 Å². The number of hydrogen-bond acceptors (Lipinski definition) is 3. The van der Waals surface area contributed by atoms with E-state index in [0.717, 1.165) is 11.1 Å². The number of halogens is 1. The Morgan fingerprint density at radius 1 is 1.13 bits per heavy atom. The van der Waals surface area contributed by atoms with Crippen LogP contribution in [0.1, 0.15) is 41.9 Å². The molecule has 2 aromatic rings. The molecule has 2 aliphatic rings. The number of likely N-dealkylation sites (tertiary alicyclic amines) is 2. The second-order valence-electron chi connectivity index (χ2n) is 8.87. The molecule has 0 bridgehead atoms. The summed E-state index contributed by atoms with van der Waals surface area (Å²) in [6.07, 6.45) is 6.83. The van der Waals surface area contributed by atoms with Gasteiger partial charge in [0.2, 0.25) is 5.91 Å². The molecule has 2 aromatic carbocycles. The molecule has 2 aliphatic heterocycles. The Bertz CT molecular complexity index is 966. The van der Waals surface area contributed by atoms with Gasteiger partial charge in [-0.2, -0.15) is 0 Å². The fourth-order valence-electron chi connectivity index (χ4n) is 5.00. The molecule has 0 saturated carbocycles. The highest BCUT2D eigenvalue weighted by atomic mass is 19.1. The van der Waals surface area contributed by atoms with Crippen molar-refractivity contribution < 1.29 is 14.3 Å². The number of benzene rings is 2. The van der Waals surface area contributed by atoms with E-state index in [0.29, 0.717) is 32.5 Å². The van der Waals surface area contributed by atoms with Gasteiger partial charge in [0.05, 0.1) is 6.04 Å². The lowest BCUT2D eigenvalue weighted by Crippen LogP contribution is -2.55. The van der Waals surface area contributed by atoms with Crippen molar-refractivity contribution in [3.8, 4) is 18.1 Å². The highest BCUT2D eigenvalue weighted by molar-refractivity contribution is 5.84. The summed E-state index contributed by atoms with van der Waals surface area (Å²) in [5, 5.41) is 9.57. The SMILES string of the molecule is C#CC[C@]1(F)CN([C@@H]2CCN(Cc3ccc(C)cc3)C2=O)CC[C@H]1c1ccc(O)cc1. The van der Waals surface area contributed by atoms with Crippen molar-refractivity contribution in [2.45, 2.75) is 50.4 Å². The number of hydrogen-bond donors (Lipinski definition) is 1. The number of rotatable bonds is 5. The van der Waals surface area contributed by atoms with Crippen LogP contribution in [0.15, 0.2) is 48.5 Å². The first-order valence-electron chi connectivity index (χ1n) is 10.9. The lowest BCUT2D eigenvalue weighted by Gasteiger charge is -2.44. The lowest BCUT2D eigenvalue weighted by atomic mass is 9.76. The van der Waals surface area contributed by atoms with Crippen molar-refractivity contribution >= 4 is 5.91 Å². The van der Waals surface area contributed by atoms with Gasteiger partial charge in [-0.25, -0.2) is 4.39 Å². The van der Waals surface area contributed by atoms with E-state index >= 15 is 4.39 Å². The molecule has 3 atom stereocenters. The molecule has 4 nitrogen and oxygen atoms in total. The third-order valence-electron chi connectivity index (χ3n) is 6.69. The highest BCUT2D eigenvalue weighted by Crippen LogP contribution is 2.43. The number of carbonyl (C=O) groups excluding carboxylic acids is 1. The van der Waals surface area contributed by atoms with Crippen molar-refractivity contribution in [1.29, 1.82) is 0 Å². The molecule has 0 aliphatic carbocycles. The van der Waals surface area contributed by atoms with Gasteiger partial charge in [0.25, 0.3) is 0 Å². The van der Waals surface area contributed by atoms with E-state index < -0.39 is 5.67 Å². The molecule has 5 heteroatoms. The van der Waals surface area contributed by atoms with Crippen LogP contribution in [0.2, 0.25) is 0 Å². The molecule has 1 amide bonds. The number of terminal acetylenes is 1. The van der Waals surface area contributed by atoms with E-state index in [9.17, 15) is 9.90 Å². The molecule has 1 N–H and O–H groups in total. The second kappa shape index (κ2) is 8.72. The number of piperidine rings is 1. The fraction of sp³-hybridized carbons (Fsp3) is 0.423. The highest BCUT2D eigenvalue weighted by Gasteiger charge is 2.48. The number of amides is 1.